The minimum Gasteiger partial charge on any atom is -0.434 e. The van der Waals surface area contributed by atoms with E-state index in [2.05, 4.69) is 20.4 Å². The van der Waals surface area contributed by atoms with Crippen LogP contribution in [0, 0.1) is 0 Å². The fraction of sp³-hybridized carbons (Fsp3) is 0.300. The zero-order valence-corrected chi connectivity index (χ0v) is 9.21. The van der Waals surface area contributed by atoms with Crippen LogP contribution in [0.4, 0.5) is 0 Å². The van der Waals surface area contributed by atoms with Crippen LogP contribution < -0.4 is 10.1 Å². The fourth-order valence-electron chi connectivity index (χ4n) is 1.24. The molecule has 0 amide bonds. The Morgan fingerprint density at radius 2 is 2.19 bits per heavy atom. The van der Waals surface area contributed by atoms with E-state index in [1.54, 1.807) is 29.5 Å². The van der Waals surface area contributed by atoms with Crippen molar-refractivity contribution in [1.29, 1.82) is 0 Å². The zero-order chi connectivity index (χ0) is 11.4. The Morgan fingerprint density at radius 1 is 1.31 bits per heavy atom. The van der Waals surface area contributed by atoms with E-state index < -0.39 is 0 Å². The average Bonchev–Trinajstić information content (AvgIpc) is 2.67. The topological polar surface area (TPSA) is 64.9 Å². The van der Waals surface area contributed by atoms with Gasteiger partial charge in [-0.3, -0.25) is 9.67 Å². The third-order valence-electron chi connectivity index (χ3n) is 1.94. The molecule has 0 radical (unpaired) electrons. The van der Waals surface area contributed by atoms with Crippen LogP contribution in [0.3, 0.4) is 0 Å². The molecule has 0 spiro atoms. The lowest BCUT2D eigenvalue weighted by Gasteiger charge is -2.02. The molecule has 16 heavy (non-hydrogen) atoms. The number of nitrogens with one attached hydrogen (secondary N) is 1. The number of aryl methyl sites for hydroxylation is 1. The van der Waals surface area contributed by atoms with Gasteiger partial charge in [0.25, 0.3) is 0 Å². The number of ether oxygens (including phenoxy) is 1. The van der Waals surface area contributed by atoms with E-state index in [0.717, 1.165) is 5.69 Å². The minimum atomic E-state index is 0.466. The SMILES string of the molecule is CNCc1cnc(Oc2cnn(C)c2)cn1. The molecular weight excluding hydrogens is 206 g/mol. The van der Waals surface area contributed by atoms with Gasteiger partial charge in [0, 0.05) is 13.6 Å². The van der Waals surface area contributed by atoms with Crippen molar-refractivity contribution in [2.75, 3.05) is 7.05 Å². The summed E-state index contributed by atoms with van der Waals surface area (Å²) in [5, 5.41) is 6.99. The van der Waals surface area contributed by atoms with E-state index in [-0.39, 0.29) is 0 Å². The van der Waals surface area contributed by atoms with E-state index in [4.69, 9.17) is 4.74 Å². The third kappa shape index (κ3) is 2.54. The quantitative estimate of drug-likeness (QED) is 0.820. The number of hydrogen-bond donors (Lipinski definition) is 1. The molecule has 2 aromatic rings. The Labute approximate surface area is 93.3 Å². The maximum absolute atomic E-state index is 5.45. The lowest BCUT2D eigenvalue weighted by Crippen LogP contribution is -2.07. The van der Waals surface area contributed by atoms with Crippen LogP contribution in [0.25, 0.3) is 0 Å². The third-order valence-corrected chi connectivity index (χ3v) is 1.94. The van der Waals surface area contributed by atoms with Crippen LogP contribution in [-0.4, -0.2) is 26.8 Å². The van der Waals surface area contributed by atoms with Crippen molar-refractivity contribution in [2.24, 2.45) is 7.05 Å². The van der Waals surface area contributed by atoms with Crippen molar-refractivity contribution in [3.8, 4) is 11.6 Å². The maximum atomic E-state index is 5.45. The van der Waals surface area contributed by atoms with Gasteiger partial charge in [-0.2, -0.15) is 5.10 Å². The normalized spacial score (nSPS) is 10.4. The van der Waals surface area contributed by atoms with Crippen molar-refractivity contribution < 1.29 is 4.74 Å². The van der Waals surface area contributed by atoms with Crippen LogP contribution in [0.5, 0.6) is 11.6 Å². The predicted molar refractivity (Wildman–Crippen MR) is 58.1 cm³/mol. The molecule has 0 bridgehead atoms. The molecule has 6 heteroatoms. The van der Waals surface area contributed by atoms with Gasteiger partial charge in [0.15, 0.2) is 5.75 Å². The molecule has 84 valence electrons. The van der Waals surface area contributed by atoms with E-state index in [1.165, 1.54) is 0 Å². The average molecular weight is 219 g/mol. The smallest absolute Gasteiger partial charge is 0.238 e. The number of rotatable bonds is 4. The second-order valence-electron chi connectivity index (χ2n) is 3.33. The molecule has 2 rings (SSSR count). The Bertz CT molecular complexity index is 450. The van der Waals surface area contributed by atoms with Crippen LogP contribution in [0.1, 0.15) is 5.69 Å². The van der Waals surface area contributed by atoms with Crippen LogP contribution >= 0.6 is 0 Å². The highest BCUT2D eigenvalue weighted by Crippen LogP contribution is 2.16. The van der Waals surface area contributed by atoms with Gasteiger partial charge in [0.2, 0.25) is 5.88 Å². The summed E-state index contributed by atoms with van der Waals surface area (Å²) < 4.78 is 7.12. The van der Waals surface area contributed by atoms with E-state index >= 15 is 0 Å². The minimum absolute atomic E-state index is 0.466. The van der Waals surface area contributed by atoms with Crippen molar-refractivity contribution in [3.63, 3.8) is 0 Å². The number of nitrogens with zero attached hydrogens (tertiary/aromatic N) is 4. The van der Waals surface area contributed by atoms with Crippen molar-refractivity contribution in [1.82, 2.24) is 25.1 Å². The molecule has 0 aliphatic heterocycles. The molecule has 0 saturated heterocycles. The molecule has 0 fully saturated rings. The summed E-state index contributed by atoms with van der Waals surface area (Å²) in [6.07, 6.45) is 6.67. The standard InChI is InChI=1S/C10H13N5O/c1-11-3-8-4-13-10(6-12-8)16-9-5-14-15(2)7-9/h4-7,11H,3H2,1-2H3. The summed E-state index contributed by atoms with van der Waals surface area (Å²) in [6.45, 7) is 0.695. The predicted octanol–water partition coefficient (Wildman–Crippen LogP) is 0.722. The summed E-state index contributed by atoms with van der Waals surface area (Å²) in [6, 6.07) is 0. The van der Waals surface area contributed by atoms with Gasteiger partial charge in [0.05, 0.1) is 30.5 Å². The molecule has 0 saturated carbocycles. The van der Waals surface area contributed by atoms with Gasteiger partial charge in [-0.25, -0.2) is 4.98 Å². The molecule has 2 heterocycles. The molecular formula is C10H13N5O. The first-order chi connectivity index (χ1) is 7.78. The van der Waals surface area contributed by atoms with Gasteiger partial charge >= 0.3 is 0 Å². The molecule has 2 aromatic heterocycles. The van der Waals surface area contributed by atoms with Gasteiger partial charge in [-0.15, -0.1) is 0 Å². The van der Waals surface area contributed by atoms with E-state index in [0.29, 0.717) is 18.2 Å². The largest absolute Gasteiger partial charge is 0.434 e. The molecule has 0 unspecified atom stereocenters. The summed E-state index contributed by atoms with van der Waals surface area (Å²) >= 11 is 0. The first kappa shape index (κ1) is 10.6. The molecule has 0 aliphatic rings. The van der Waals surface area contributed by atoms with Gasteiger partial charge in [-0.1, -0.05) is 0 Å². The number of hydrogen-bond acceptors (Lipinski definition) is 5. The maximum Gasteiger partial charge on any atom is 0.238 e. The van der Waals surface area contributed by atoms with E-state index in [9.17, 15) is 0 Å². The van der Waals surface area contributed by atoms with Crippen molar-refractivity contribution in [2.45, 2.75) is 6.54 Å². The molecule has 1 N–H and O–H groups in total. The molecule has 0 aromatic carbocycles. The summed E-state index contributed by atoms with van der Waals surface area (Å²) in [5.41, 5.74) is 0.876. The molecule has 0 aliphatic carbocycles. The van der Waals surface area contributed by atoms with Crippen LogP contribution in [0.2, 0.25) is 0 Å². The van der Waals surface area contributed by atoms with Gasteiger partial charge in [-0.05, 0) is 7.05 Å². The number of aromatic nitrogens is 4. The van der Waals surface area contributed by atoms with Crippen molar-refractivity contribution in [3.05, 3.63) is 30.5 Å². The Balaban J connectivity index is 2.05. The highest BCUT2D eigenvalue weighted by Gasteiger charge is 2.01. The molecule has 0 atom stereocenters. The highest BCUT2D eigenvalue weighted by molar-refractivity contribution is 5.19. The Kier molecular flexibility index (Phi) is 3.11. The fourth-order valence-corrected chi connectivity index (χ4v) is 1.24. The van der Waals surface area contributed by atoms with E-state index in [1.807, 2.05) is 14.1 Å². The second kappa shape index (κ2) is 4.71. The Hall–Kier alpha value is -1.95. The highest BCUT2D eigenvalue weighted by atomic mass is 16.5. The first-order valence-electron chi connectivity index (χ1n) is 4.90. The van der Waals surface area contributed by atoms with Crippen LogP contribution in [-0.2, 0) is 13.6 Å². The Morgan fingerprint density at radius 3 is 2.75 bits per heavy atom. The summed E-state index contributed by atoms with van der Waals surface area (Å²) in [4.78, 5) is 8.33. The summed E-state index contributed by atoms with van der Waals surface area (Å²) in [5.74, 6) is 1.12. The lowest BCUT2D eigenvalue weighted by atomic mass is 10.4. The zero-order valence-electron chi connectivity index (χ0n) is 9.21. The van der Waals surface area contributed by atoms with Gasteiger partial charge < -0.3 is 10.1 Å². The van der Waals surface area contributed by atoms with Crippen LogP contribution in [0.15, 0.2) is 24.8 Å². The lowest BCUT2D eigenvalue weighted by molar-refractivity contribution is 0.458. The van der Waals surface area contributed by atoms with Crippen molar-refractivity contribution >= 4 is 0 Å². The molecule has 6 nitrogen and oxygen atoms in total. The monoisotopic (exact) mass is 219 g/mol. The summed E-state index contributed by atoms with van der Waals surface area (Å²) in [7, 11) is 3.69. The van der Waals surface area contributed by atoms with Gasteiger partial charge in [0.1, 0.15) is 0 Å². The first-order valence-corrected chi connectivity index (χ1v) is 4.90. The second-order valence-corrected chi connectivity index (χ2v) is 3.33.